The van der Waals surface area contributed by atoms with E-state index in [2.05, 4.69) is 27.8 Å². The highest BCUT2D eigenvalue weighted by molar-refractivity contribution is 7.99. The van der Waals surface area contributed by atoms with Gasteiger partial charge in [0.1, 0.15) is 5.52 Å². The van der Waals surface area contributed by atoms with Gasteiger partial charge in [-0.3, -0.25) is 9.25 Å². The Kier molecular flexibility index (Phi) is 3.67. The number of hydrogen-bond acceptors (Lipinski definition) is 4. The van der Waals surface area contributed by atoms with E-state index in [1.807, 2.05) is 23.5 Å². The van der Waals surface area contributed by atoms with Crippen molar-refractivity contribution >= 4 is 28.9 Å². The maximum absolute atomic E-state index is 6.21. The number of aromatic nitrogens is 4. The second kappa shape index (κ2) is 5.31. The second-order valence-electron chi connectivity index (χ2n) is 5.61. The van der Waals surface area contributed by atoms with E-state index < -0.39 is 0 Å². The smallest absolute Gasteiger partial charge is 0.202 e. The number of nitrogens with two attached hydrogens (primary N) is 1. The number of anilines is 1. The number of hydrogen-bond donors (Lipinski definition) is 1. The minimum atomic E-state index is 0.464. The van der Waals surface area contributed by atoms with E-state index in [1.54, 1.807) is 0 Å². The van der Waals surface area contributed by atoms with Crippen LogP contribution in [0.15, 0.2) is 0 Å². The quantitative estimate of drug-likeness (QED) is 0.945. The number of imidazole rings is 1. The summed E-state index contributed by atoms with van der Waals surface area (Å²) in [4.78, 5) is 4.58. The maximum atomic E-state index is 6.21. The van der Waals surface area contributed by atoms with Gasteiger partial charge >= 0.3 is 0 Å². The third kappa shape index (κ3) is 2.10. The first-order chi connectivity index (χ1) is 9.65. The monoisotopic (exact) mass is 293 g/mol. The van der Waals surface area contributed by atoms with Crippen LogP contribution in [0.2, 0.25) is 0 Å². The standard InChI is InChI=1S/C14H23N5S/c1-4-11-12-13(18(2)17-11)19(14(15)16-12)9-6-5-7-10(8-9)20-3/h9-10H,4-8H2,1-3H3,(H2,15,16). The van der Waals surface area contributed by atoms with E-state index in [4.69, 9.17) is 5.73 Å². The summed E-state index contributed by atoms with van der Waals surface area (Å²) >= 11 is 1.97. The van der Waals surface area contributed by atoms with Crippen LogP contribution in [-0.2, 0) is 13.5 Å². The molecule has 2 N–H and O–H groups in total. The van der Waals surface area contributed by atoms with Gasteiger partial charge in [-0.25, -0.2) is 4.98 Å². The van der Waals surface area contributed by atoms with Gasteiger partial charge in [0, 0.05) is 18.3 Å². The van der Waals surface area contributed by atoms with Gasteiger partial charge in [0.05, 0.1) is 5.69 Å². The Morgan fingerprint density at radius 2 is 2.20 bits per heavy atom. The predicted molar refractivity (Wildman–Crippen MR) is 85.1 cm³/mol. The average molecular weight is 293 g/mol. The summed E-state index contributed by atoms with van der Waals surface area (Å²) in [6.45, 7) is 2.11. The number of fused-ring (bicyclic) bond motifs is 1. The molecule has 0 bridgehead atoms. The van der Waals surface area contributed by atoms with Gasteiger partial charge < -0.3 is 5.73 Å². The fourth-order valence-electron chi connectivity index (χ4n) is 3.39. The van der Waals surface area contributed by atoms with Gasteiger partial charge in [-0.1, -0.05) is 13.3 Å². The molecule has 0 aromatic carbocycles. The molecular formula is C14H23N5S. The Labute approximate surface area is 123 Å². The molecule has 2 heterocycles. The molecule has 0 spiro atoms. The third-order valence-electron chi connectivity index (χ3n) is 4.40. The summed E-state index contributed by atoms with van der Waals surface area (Å²) in [5.74, 6) is 0.648. The van der Waals surface area contributed by atoms with Crippen LogP contribution in [0.5, 0.6) is 0 Å². The molecular weight excluding hydrogens is 270 g/mol. The summed E-state index contributed by atoms with van der Waals surface area (Å²) in [6.07, 6.45) is 8.07. The largest absolute Gasteiger partial charge is 0.369 e. The lowest BCUT2D eigenvalue weighted by Gasteiger charge is -2.29. The zero-order chi connectivity index (χ0) is 14.3. The lowest BCUT2D eigenvalue weighted by molar-refractivity contribution is 0.367. The molecule has 3 rings (SSSR count). The predicted octanol–water partition coefficient (Wildman–Crippen LogP) is 2.76. The van der Waals surface area contributed by atoms with Gasteiger partial charge in [-0.05, 0) is 31.9 Å². The highest BCUT2D eigenvalue weighted by atomic mass is 32.2. The highest BCUT2D eigenvalue weighted by Gasteiger charge is 2.27. The van der Waals surface area contributed by atoms with Crippen molar-refractivity contribution in [3.63, 3.8) is 0 Å². The molecule has 110 valence electrons. The Morgan fingerprint density at radius 1 is 1.40 bits per heavy atom. The molecule has 2 unspecified atom stereocenters. The van der Waals surface area contributed by atoms with E-state index in [0.29, 0.717) is 12.0 Å². The van der Waals surface area contributed by atoms with E-state index in [-0.39, 0.29) is 0 Å². The number of aryl methyl sites for hydroxylation is 2. The summed E-state index contributed by atoms with van der Waals surface area (Å²) in [6, 6.07) is 0.464. The van der Waals surface area contributed by atoms with Gasteiger partial charge in [-0.15, -0.1) is 0 Å². The summed E-state index contributed by atoms with van der Waals surface area (Å²) in [5.41, 5.74) is 9.33. The minimum absolute atomic E-state index is 0.464. The lowest BCUT2D eigenvalue weighted by atomic mass is 9.95. The van der Waals surface area contributed by atoms with Crippen LogP contribution >= 0.6 is 11.8 Å². The van der Waals surface area contributed by atoms with Gasteiger partial charge in [-0.2, -0.15) is 16.9 Å². The van der Waals surface area contributed by atoms with Crippen LogP contribution < -0.4 is 5.73 Å². The Hall–Kier alpha value is -1.17. The van der Waals surface area contributed by atoms with Gasteiger partial charge in [0.15, 0.2) is 5.65 Å². The molecule has 6 heteroatoms. The topological polar surface area (TPSA) is 61.7 Å². The molecule has 5 nitrogen and oxygen atoms in total. The van der Waals surface area contributed by atoms with Crippen molar-refractivity contribution in [2.45, 2.75) is 50.3 Å². The SMILES string of the molecule is CCc1nn(C)c2c1nc(N)n2C1CCCC(SC)C1. The van der Waals surface area contributed by atoms with Crippen LogP contribution in [-0.4, -0.2) is 30.8 Å². The molecule has 2 atom stereocenters. The van der Waals surface area contributed by atoms with Gasteiger partial charge in [0.2, 0.25) is 5.95 Å². The first kappa shape index (κ1) is 13.8. The van der Waals surface area contributed by atoms with Crippen molar-refractivity contribution in [1.82, 2.24) is 19.3 Å². The third-order valence-corrected chi connectivity index (χ3v) is 5.49. The number of nitrogens with zero attached hydrogens (tertiary/aromatic N) is 4. The van der Waals surface area contributed by atoms with Crippen LogP contribution in [0.25, 0.3) is 11.2 Å². The summed E-state index contributed by atoms with van der Waals surface area (Å²) in [5, 5.41) is 5.32. The number of thioether (sulfide) groups is 1. The second-order valence-corrected chi connectivity index (χ2v) is 6.75. The van der Waals surface area contributed by atoms with E-state index in [0.717, 1.165) is 28.5 Å². The van der Waals surface area contributed by atoms with Crippen LogP contribution in [0.3, 0.4) is 0 Å². The van der Waals surface area contributed by atoms with Crippen molar-refractivity contribution in [2.24, 2.45) is 7.05 Å². The summed E-state index contributed by atoms with van der Waals surface area (Å²) < 4.78 is 4.17. The van der Waals surface area contributed by atoms with Crippen molar-refractivity contribution in [1.29, 1.82) is 0 Å². The van der Waals surface area contributed by atoms with Crippen LogP contribution in [0.1, 0.15) is 44.3 Å². The zero-order valence-electron chi connectivity index (χ0n) is 12.5. The molecule has 0 saturated heterocycles. The fourth-order valence-corrected chi connectivity index (χ4v) is 4.20. The molecule has 1 fully saturated rings. The lowest BCUT2D eigenvalue weighted by Crippen LogP contribution is -2.22. The zero-order valence-corrected chi connectivity index (χ0v) is 13.3. The first-order valence-corrected chi connectivity index (χ1v) is 8.66. The molecule has 1 saturated carbocycles. The number of rotatable bonds is 3. The van der Waals surface area contributed by atoms with Crippen molar-refractivity contribution in [3.05, 3.63) is 5.69 Å². The molecule has 0 amide bonds. The molecule has 1 aliphatic carbocycles. The Morgan fingerprint density at radius 3 is 2.90 bits per heavy atom. The molecule has 0 radical (unpaired) electrons. The van der Waals surface area contributed by atoms with E-state index in [9.17, 15) is 0 Å². The van der Waals surface area contributed by atoms with Gasteiger partial charge in [0.25, 0.3) is 0 Å². The Bertz CT molecular complexity index is 615. The molecule has 0 aliphatic heterocycles. The maximum Gasteiger partial charge on any atom is 0.202 e. The normalized spacial score (nSPS) is 23.6. The van der Waals surface area contributed by atoms with Crippen LogP contribution in [0.4, 0.5) is 5.95 Å². The average Bonchev–Trinajstić information content (AvgIpc) is 2.95. The summed E-state index contributed by atoms with van der Waals surface area (Å²) in [7, 11) is 1.99. The van der Waals surface area contributed by atoms with E-state index in [1.165, 1.54) is 25.7 Å². The van der Waals surface area contributed by atoms with Crippen molar-refractivity contribution < 1.29 is 0 Å². The molecule has 20 heavy (non-hydrogen) atoms. The Balaban J connectivity index is 2.06. The van der Waals surface area contributed by atoms with E-state index >= 15 is 0 Å². The minimum Gasteiger partial charge on any atom is -0.369 e. The first-order valence-electron chi connectivity index (χ1n) is 7.37. The molecule has 1 aliphatic rings. The van der Waals surface area contributed by atoms with Crippen LogP contribution in [0, 0.1) is 0 Å². The van der Waals surface area contributed by atoms with Crippen molar-refractivity contribution in [2.75, 3.05) is 12.0 Å². The van der Waals surface area contributed by atoms with Crippen molar-refractivity contribution in [3.8, 4) is 0 Å². The molecule has 2 aromatic heterocycles. The fraction of sp³-hybridized carbons (Fsp3) is 0.714. The molecule has 2 aromatic rings. The highest BCUT2D eigenvalue weighted by Crippen LogP contribution is 2.37. The number of nitrogen functional groups attached to an aromatic ring is 1.